The van der Waals surface area contributed by atoms with Crippen molar-refractivity contribution >= 4 is 17.5 Å². The third-order valence-corrected chi connectivity index (χ3v) is 5.18. The van der Waals surface area contributed by atoms with E-state index in [0.717, 1.165) is 49.6 Å². The van der Waals surface area contributed by atoms with Gasteiger partial charge in [0.05, 0.1) is 6.61 Å². The highest BCUT2D eigenvalue weighted by atomic mass is 16.5. The van der Waals surface area contributed by atoms with Crippen LogP contribution in [-0.2, 0) is 16.0 Å². The van der Waals surface area contributed by atoms with Crippen molar-refractivity contribution in [3.8, 4) is 5.75 Å². The average molecular weight is 359 g/mol. The van der Waals surface area contributed by atoms with Gasteiger partial charge in [-0.3, -0.25) is 9.59 Å². The summed E-state index contributed by atoms with van der Waals surface area (Å²) in [7, 11) is 0. The van der Waals surface area contributed by atoms with Crippen LogP contribution in [0.1, 0.15) is 38.2 Å². The number of amides is 2. The summed E-state index contributed by atoms with van der Waals surface area (Å²) in [6.45, 7) is 6.26. The number of benzene rings is 1. The standard InChI is InChI=1S/C20H29N3O3/c1-2-23(14-15-10-11-21-13-15)20(25)7-4-12-26-18-6-3-5-17-16(18)8-9-19(24)22-17/h3,5-6,15,21H,2,4,7-14H2,1H3,(H,22,24). The number of nitrogens with zero attached hydrogens (tertiary/aromatic N) is 1. The van der Waals surface area contributed by atoms with Gasteiger partial charge in [0.1, 0.15) is 5.75 Å². The first kappa shape index (κ1) is 18.7. The Labute approximate surface area is 155 Å². The van der Waals surface area contributed by atoms with E-state index in [4.69, 9.17) is 4.74 Å². The number of carbonyl (C=O) groups excluding carboxylic acids is 2. The molecular formula is C20H29N3O3. The lowest BCUT2D eigenvalue weighted by atomic mass is 10.0. The zero-order chi connectivity index (χ0) is 18.4. The topological polar surface area (TPSA) is 70.7 Å². The summed E-state index contributed by atoms with van der Waals surface area (Å²) in [6.07, 6.45) is 3.57. The van der Waals surface area contributed by atoms with Crippen molar-refractivity contribution in [3.63, 3.8) is 0 Å². The minimum Gasteiger partial charge on any atom is -0.493 e. The highest BCUT2D eigenvalue weighted by Gasteiger charge is 2.21. The zero-order valence-electron chi connectivity index (χ0n) is 15.6. The van der Waals surface area contributed by atoms with Crippen LogP contribution in [0.4, 0.5) is 5.69 Å². The van der Waals surface area contributed by atoms with Crippen LogP contribution in [-0.4, -0.2) is 49.5 Å². The number of carbonyl (C=O) groups is 2. The summed E-state index contributed by atoms with van der Waals surface area (Å²) in [6, 6.07) is 5.72. The minimum atomic E-state index is 0.0531. The number of anilines is 1. The molecule has 3 rings (SSSR count). The summed E-state index contributed by atoms with van der Waals surface area (Å²) in [5.41, 5.74) is 1.90. The molecule has 0 saturated carbocycles. The third-order valence-electron chi connectivity index (χ3n) is 5.18. The first-order valence-corrected chi connectivity index (χ1v) is 9.70. The molecule has 2 aliphatic heterocycles. The molecule has 6 nitrogen and oxygen atoms in total. The van der Waals surface area contributed by atoms with Crippen LogP contribution < -0.4 is 15.4 Å². The molecule has 2 amide bonds. The van der Waals surface area contributed by atoms with Crippen molar-refractivity contribution in [1.29, 1.82) is 0 Å². The Morgan fingerprint density at radius 1 is 1.35 bits per heavy atom. The van der Waals surface area contributed by atoms with Gasteiger partial charge in [-0.05, 0) is 57.3 Å². The maximum atomic E-state index is 12.4. The van der Waals surface area contributed by atoms with Gasteiger partial charge in [-0.2, -0.15) is 0 Å². The van der Waals surface area contributed by atoms with Crippen molar-refractivity contribution in [3.05, 3.63) is 23.8 Å². The predicted octanol–water partition coefficient (Wildman–Crippen LogP) is 2.19. The summed E-state index contributed by atoms with van der Waals surface area (Å²) in [4.78, 5) is 25.9. The largest absolute Gasteiger partial charge is 0.493 e. The van der Waals surface area contributed by atoms with Crippen LogP contribution in [0.3, 0.4) is 0 Å². The molecule has 0 radical (unpaired) electrons. The van der Waals surface area contributed by atoms with Gasteiger partial charge in [0.15, 0.2) is 0 Å². The van der Waals surface area contributed by atoms with Crippen molar-refractivity contribution < 1.29 is 14.3 Å². The van der Waals surface area contributed by atoms with E-state index >= 15 is 0 Å². The molecule has 0 bridgehead atoms. The number of hydrogen-bond acceptors (Lipinski definition) is 4. The summed E-state index contributed by atoms with van der Waals surface area (Å²) in [5, 5.41) is 6.24. The van der Waals surface area contributed by atoms with Crippen LogP contribution in [0.2, 0.25) is 0 Å². The Morgan fingerprint density at radius 2 is 2.23 bits per heavy atom. The van der Waals surface area contributed by atoms with E-state index in [9.17, 15) is 9.59 Å². The van der Waals surface area contributed by atoms with Crippen LogP contribution in [0.5, 0.6) is 5.75 Å². The Bertz CT molecular complexity index is 641. The van der Waals surface area contributed by atoms with Crippen LogP contribution in [0.15, 0.2) is 18.2 Å². The summed E-state index contributed by atoms with van der Waals surface area (Å²) < 4.78 is 5.90. The number of ether oxygens (including phenoxy) is 1. The van der Waals surface area contributed by atoms with E-state index < -0.39 is 0 Å². The normalized spacial score (nSPS) is 19.0. The zero-order valence-corrected chi connectivity index (χ0v) is 15.6. The van der Waals surface area contributed by atoms with Crippen molar-refractivity contribution in [2.75, 3.05) is 38.1 Å². The Morgan fingerprint density at radius 3 is 3.00 bits per heavy atom. The van der Waals surface area contributed by atoms with Gasteiger partial charge in [0.25, 0.3) is 0 Å². The van der Waals surface area contributed by atoms with E-state index in [2.05, 4.69) is 10.6 Å². The Hall–Kier alpha value is -2.08. The van der Waals surface area contributed by atoms with Crippen molar-refractivity contribution in [2.24, 2.45) is 5.92 Å². The molecule has 2 heterocycles. The van der Waals surface area contributed by atoms with Crippen LogP contribution >= 0.6 is 0 Å². The average Bonchev–Trinajstić information content (AvgIpc) is 3.16. The van der Waals surface area contributed by atoms with E-state index in [1.54, 1.807) is 0 Å². The van der Waals surface area contributed by atoms with Gasteiger partial charge in [0, 0.05) is 37.2 Å². The Kier molecular flexibility index (Phi) is 6.50. The second kappa shape index (κ2) is 9.03. The fraction of sp³-hybridized carbons (Fsp3) is 0.600. The first-order chi connectivity index (χ1) is 12.7. The Balaban J connectivity index is 1.44. The van der Waals surface area contributed by atoms with Gasteiger partial charge in [-0.15, -0.1) is 0 Å². The van der Waals surface area contributed by atoms with Crippen molar-refractivity contribution in [2.45, 2.75) is 39.0 Å². The molecule has 2 aliphatic rings. The highest BCUT2D eigenvalue weighted by molar-refractivity contribution is 5.94. The quantitative estimate of drug-likeness (QED) is 0.698. The maximum Gasteiger partial charge on any atom is 0.224 e. The number of hydrogen-bond donors (Lipinski definition) is 2. The second-order valence-electron chi connectivity index (χ2n) is 7.07. The van der Waals surface area contributed by atoms with E-state index in [1.807, 2.05) is 30.0 Å². The molecule has 2 N–H and O–H groups in total. The van der Waals surface area contributed by atoms with E-state index in [-0.39, 0.29) is 11.8 Å². The van der Waals surface area contributed by atoms with E-state index in [0.29, 0.717) is 38.2 Å². The monoisotopic (exact) mass is 359 g/mol. The van der Waals surface area contributed by atoms with Crippen molar-refractivity contribution in [1.82, 2.24) is 10.2 Å². The lowest BCUT2D eigenvalue weighted by Gasteiger charge is -2.24. The predicted molar refractivity (Wildman–Crippen MR) is 101 cm³/mol. The molecule has 26 heavy (non-hydrogen) atoms. The minimum absolute atomic E-state index is 0.0531. The van der Waals surface area contributed by atoms with Gasteiger partial charge in [-0.25, -0.2) is 0 Å². The molecule has 0 aromatic heterocycles. The molecule has 1 fully saturated rings. The molecule has 0 aliphatic carbocycles. The summed E-state index contributed by atoms with van der Waals surface area (Å²) in [5.74, 6) is 1.67. The number of fused-ring (bicyclic) bond motifs is 1. The molecule has 1 aromatic rings. The van der Waals surface area contributed by atoms with E-state index in [1.165, 1.54) is 0 Å². The number of nitrogens with one attached hydrogen (secondary N) is 2. The number of rotatable bonds is 8. The lowest BCUT2D eigenvalue weighted by molar-refractivity contribution is -0.131. The molecule has 142 valence electrons. The fourth-order valence-electron chi connectivity index (χ4n) is 3.68. The van der Waals surface area contributed by atoms with Gasteiger partial charge in [0.2, 0.25) is 11.8 Å². The third kappa shape index (κ3) is 4.75. The summed E-state index contributed by atoms with van der Waals surface area (Å²) >= 11 is 0. The van der Waals surface area contributed by atoms with Gasteiger partial charge >= 0.3 is 0 Å². The second-order valence-corrected chi connectivity index (χ2v) is 7.07. The van der Waals surface area contributed by atoms with Gasteiger partial charge < -0.3 is 20.3 Å². The molecule has 1 atom stereocenters. The van der Waals surface area contributed by atoms with Crippen LogP contribution in [0, 0.1) is 5.92 Å². The highest BCUT2D eigenvalue weighted by Crippen LogP contribution is 2.31. The molecule has 1 aromatic carbocycles. The maximum absolute atomic E-state index is 12.4. The fourth-order valence-corrected chi connectivity index (χ4v) is 3.68. The molecular weight excluding hydrogens is 330 g/mol. The molecule has 0 spiro atoms. The van der Waals surface area contributed by atoms with Crippen LogP contribution in [0.25, 0.3) is 0 Å². The lowest BCUT2D eigenvalue weighted by Crippen LogP contribution is -2.36. The molecule has 6 heteroatoms. The molecule has 1 unspecified atom stereocenters. The molecule has 1 saturated heterocycles. The smallest absolute Gasteiger partial charge is 0.224 e. The first-order valence-electron chi connectivity index (χ1n) is 9.70. The van der Waals surface area contributed by atoms with Gasteiger partial charge in [-0.1, -0.05) is 6.07 Å². The SMILES string of the molecule is CCN(CC1CCNC1)C(=O)CCCOc1cccc2c1CCC(=O)N2.